The molecule has 2 rings (SSSR count). The molecule has 7 heteroatoms. The van der Waals surface area contributed by atoms with E-state index in [1.165, 1.54) is 18.2 Å². The number of benzene rings is 2. The quantitative estimate of drug-likeness (QED) is 0.462. The molecule has 0 saturated heterocycles. The Balaban J connectivity index is 2.36. The van der Waals surface area contributed by atoms with E-state index in [2.05, 4.69) is 5.32 Å². The molecule has 2 aromatic rings. The predicted octanol–water partition coefficient (Wildman–Crippen LogP) is 2.71. The lowest BCUT2D eigenvalue weighted by Gasteiger charge is -2.10. The summed E-state index contributed by atoms with van der Waals surface area (Å²) < 4.78 is 0. The number of nitrogens with one attached hydrogen (secondary N) is 1. The molecular weight excluding hydrogens is 300 g/mol. The average Bonchev–Trinajstić information content (AvgIpc) is 2.54. The molecule has 0 fully saturated rings. The first-order chi connectivity index (χ1) is 11.0. The molecule has 118 valence electrons. The van der Waals surface area contributed by atoms with Crippen LogP contribution in [0.4, 0.5) is 11.4 Å². The minimum atomic E-state index is -0.977. The molecule has 0 radical (unpaired) electrons. The smallest absolute Gasteiger partial charge is 0.305 e. The van der Waals surface area contributed by atoms with Crippen LogP contribution in [0.5, 0.6) is 0 Å². The van der Waals surface area contributed by atoms with Gasteiger partial charge in [0.1, 0.15) is 0 Å². The van der Waals surface area contributed by atoms with E-state index in [0.717, 1.165) is 0 Å². The minimum Gasteiger partial charge on any atom is -0.481 e. The molecule has 0 aliphatic carbocycles. The lowest BCUT2D eigenvalue weighted by atomic mass is 10.0. The molecule has 23 heavy (non-hydrogen) atoms. The van der Waals surface area contributed by atoms with Gasteiger partial charge in [-0.05, 0) is 6.07 Å². The van der Waals surface area contributed by atoms with Crippen molar-refractivity contribution in [3.05, 3.63) is 69.8 Å². The van der Waals surface area contributed by atoms with Gasteiger partial charge in [-0.25, -0.2) is 0 Å². The molecule has 0 aromatic heterocycles. The topological polar surface area (TPSA) is 110 Å². The third-order valence-corrected chi connectivity index (χ3v) is 3.15. The fraction of sp³-hybridized carbons (Fsp3) is 0.125. The number of aliphatic carboxylic acids is 1. The number of non-ortho nitro benzene ring substituents is 1. The normalized spacial score (nSPS) is 10.1. The fourth-order valence-corrected chi connectivity index (χ4v) is 2.04. The minimum absolute atomic E-state index is 0.113. The van der Waals surface area contributed by atoms with Crippen molar-refractivity contribution < 1.29 is 19.6 Å². The van der Waals surface area contributed by atoms with E-state index < -0.39 is 10.9 Å². The summed E-state index contributed by atoms with van der Waals surface area (Å²) in [4.78, 5) is 33.5. The molecule has 0 unspecified atom stereocenters. The molecule has 0 spiro atoms. The maximum atomic E-state index is 12.6. The average molecular weight is 314 g/mol. The van der Waals surface area contributed by atoms with Gasteiger partial charge in [-0.3, -0.25) is 19.7 Å². The Kier molecular flexibility index (Phi) is 5.03. The van der Waals surface area contributed by atoms with Crippen LogP contribution in [0, 0.1) is 10.1 Å². The number of rotatable bonds is 7. The van der Waals surface area contributed by atoms with Crippen LogP contribution in [0.1, 0.15) is 22.3 Å². The third-order valence-electron chi connectivity index (χ3n) is 3.15. The summed E-state index contributed by atoms with van der Waals surface area (Å²) in [5, 5.41) is 22.4. The summed E-state index contributed by atoms with van der Waals surface area (Å²) in [6.07, 6.45) is -0.129. The van der Waals surface area contributed by atoms with Crippen molar-refractivity contribution in [2.75, 3.05) is 11.9 Å². The van der Waals surface area contributed by atoms with Crippen LogP contribution in [0.3, 0.4) is 0 Å². The molecular formula is C16H14N2O5. The first-order valence-corrected chi connectivity index (χ1v) is 6.83. The lowest BCUT2D eigenvalue weighted by Crippen LogP contribution is -2.12. The number of hydrogen-bond acceptors (Lipinski definition) is 5. The predicted molar refractivity (Wildman–Crippen MR) is 83.7 cm³/mol. The van der Waals surface area contributed by atoms with Crippen LogP contribution in [0.25, 0.3) is 0 Å². The summed E-state index contributed by atoms with van der Waals surface area (Å²) in [6, 6.07) is 12.3. The van der Waals surface area contributed by atoms with Crippen molar-refractivity contribution in [2.45, 2.75) is 6.42 Å². The Morgan fingerprint density at radius 2 is 1.83 bits per heavy atom. The van der Waals surface area contributed by atoms with E-state index in [1.54, 1.807) is 30.3 Å². The standard InChI is InChI=1S/C16H14N2O5/c19-15(20)8-9-17-14-7-6-12(18(22)23)10-13(14)16(21)11-4-2-1-3-5-11/h1-7,10,17H,8-9H2,(H,19,20). The molecule has 0 heterocycles. The molecule has 7 nitrogen and oxygen atoms in total. The maximum Gasteiger partial charge on any atom is 0.305 e. The van der Waals surface area contributed by atoms with Crippen molar-refractivity contribution in [3.8, 4) is 0 Å². The number of carbonyl (C=O) groups excluding carboxylic acids is 1. The van der Waals surface area contributed by atoms with E-state index in [-0.39, 0.29) is 30.0 Å². The molecule has 0 aliphatic heterocycles. The zero-order valence-electron chi connectivity index (χ0n) is 12.1. The Morgan fingerprint density at radius 1 is 1.13 bits per heavy atom. The molecule has 0 atom stereocenters. The van der Waals surface area contributed by atoms with E-state index in [0.29, 0.717) is 11.3 Å². The molecule has 0 amide bonds. The van der Waals surface area contributed by atoms with Gasteiger partial charge in [-0.15, -0.1) is 0 Å². The van der Waals surface area contributed by atoms with Crippen molar-refractivity contribution in [1.29, 1.82) is 0 Å². The second-order valence-electron chi connectivity index (χ2n) is 4.75. The number of hydrogen-bond donors (Lipinski definition) is 2. The van der Waals surface area contributed by atoms with Gasteiger partial charge in [0.2, 0.25) is 0 Å². The summed E-state index contributed by atoms with van der Waals surface area (Å²) in [6.45, 7) is 0.113. The Morgan fingerprint density at radius 3 is 2.43 bits per heavy atom. The second kappa shape index (κ2) is 7.17. The Labute approximate surface area is 131 Å². The van der Waals surface area contributed by atoms with Gasteiger partial charge in [0.05, 0.1) is 16.9 Å². The van der Waals surface area contributed by atoms with Crippen LogP contribution in [0.15, 0.2) is 48.5 Å². The van der Waals surface area contributed by atoms with Gasteiger partial charge in [0.25, 0.3) is 5.69 Å². The van der Waals surface area contributed by atoms with Crippen molar-refractivity contribution in [2.24, 2.45) is 0 Å². The van der Waals surface area contributed by atoms with E-state index in [4.69, 9.17) is 5.11 Å². The Bertz CT molecular complexity index is 743. The maximum absolute atomic E-state index is 12.6. The number of carbonyl (C=O) groups is 2. The van der Waals surface area contributed by atoms with Gasteiger partial charge >= 0.3 is 5.97 Å². The SMILES string of the molecule is O=C(O)CCNc1ccc([N+](=O)[O-])cc1C(=O)c1ccccc1. The van der Waals surface area contributed by atoms with Gasteiger partial charge in [0.15, 0.2) is 5.78 Å². The number of ketones is 1. The number of nitrogens with zero attached hydrogens (tertiary/aromatic N) is 1. The summed E-state index contributed by atoms with van der Waals surface area (Å²) in [7, 11) is 0. The number of nitro groups is 1. The Hall–Kier alpha value is -3.22. The highest BCUT2D eigenvalue weighted by molar-refractivity contribution is 6.12. The van der Waals surface area contributed by atoms with Crippen LogP contribution in [0.2, 0.25) is 0 Å². The van der Waals surface area contributed by atoms with Gasteiger partial charge < -0.3 is 10.4 Å². The summed E-state index contributed by atoms with van der Waals surface area (Å²) >= 11 is 0. The first-order valence-electron chi connectivity index (χ1n) is 6.83. The summed E-state index contributed by atoms with van der Waals surface area (Å²) in [5.74, 6) is -1.34. The molecule has 0 bridgehead atoms. The fourth-order valence-electron chi connectivity index (χ4n) is 2.04. The first kappa shape index (κ1) is 16.2. The highest BCUT2D eigenvalue weighted by Crippen LogP contribution is 2.25. The van der Waals surface area contributed by atoms with E-state index in [9.17, 15) is 19.7 Å². The zero-order valence-corrected chi connectivity index (χ0v) is 12.1. The highest BCUT2D eigenvalue weighted by Gasteiger charge is 2.18. The van der Waals surface area contributed by atoms with Gasteiger partial charge in [-0.2, -0.15) is 0 Å². The second-order valence-corrected chi connectivity index (χ2v) is 4.75. The van der Waals surface area contributed by atoms with Gasteiger partial charge in [0, 0.05) is 29.9 Å². The van der Waals surface area contributed by atoms with Gasteiger partial charge in [-0.1, -0.05) is 30.3 Å². The number of carboxylic acid groups (broad SMARTS) is 1. The lowest BCUT2D eigenvalue weighted by molar-refractivity contribution is -0.384. The highest BCUT2D eigenvalue weighted by atomic mass is 16.6. The zero-order chi connectivity index (χ0) is 16.8. The van der Waals surface area contributed by atoms with Crippen LogP contribution in [-0.4, -0.2) is 28.3 Å². The van der Waals surface area contributed by atoms with Crippen molar-refractivity contribution in [3.63, 3.8) is 0 Å². The van der Waals surface area contributed by atoms with Crippen LogP contribution in [-0.2, 0) is 4.79 Å². The van der Waals surface area contributed by atoms with Crippen molar-refractivity contribution >= 4 is 23.1 Å². The number of nitro benzene ring substituents is 1. The van der Waals surface area contributed by atoms with Crippen LogP contribution < -0.4 is 5.32 Å². The van der Waals surface area contributed by atoms with E-state index in [1.807, 2.05) is 0 Å². The molecule has 0 aliphatic rings. The third kappa shape index (κ3) is 4.13. The largest absolute Gasteiger partial charge is 0.481 e. The van der Waals surface area contributed by atoms with Crippen molar-refractivity contribution in [1.82, 2.24) is 0 Å². The monoisotopic (exact) mass is 314 g/mol. The van der Waals surface area contributed by atoms with Crippen LogP contribution >= 0.6 is 0 Å². The number of carboxylic acids is 1. The molecule has 2 aromatic carbocycles. The molecule has 0 saturated carbocycles. The molecule has 2 N–H and O–H groups in total. The van der Waals surface area contributed by atoms with E-state index >= 15 is 0 Å². The number of anilines is 1. The summed E-state index contributed by atoms with van der Waals surface area (Å²) in [5.41, 5.74) is 0.698.